The molecule has 0 unspecified atom stereocenters. The van der Waals surface area contributed by atoms with E-state index in [1.54, 1.807) is 24.0 Å². The van der Waals surface area contributed by atoms with E-state index < -0.39 is 17.6 Å². The lowest BCUT2D eigenvalue weighted by Gasteiger charge is -2.26. The normalized spacial score (nSPS) is 13.5. The molecule has 1 rings (SSSR count). The number of aromatic nitrogens is 2. The Bertz CT molecular complexity index is 417. The lowest BCUT2D eigenvalue weighted by molar-refractivity contribution is -0.0680. The number of hydrogen-bond donors (Lipinski definition) is 3. The highest BCUT2D eigenvalue weighted by atomic mass is 16.5. The van der Waals surface area contributed by atoms with Crippen LogP contribution in [0.15, 0.2) is 12.3 Å². The molecule has 0 aliphatic carbocycles. The van der Waals surface area contributed by atoms with Crippen molar-refractivity contribution in [2.45, 2.75) is 32.1 Å². The third-order valence-electron chi connectivity index (χ3n) is 2.54. The molecule has 1 atom stereocenters. The van der Waals surface area contributed by atoms with Gasteiger partial charge in [-0.1, -0.05) is 0 Å². The lowest BCUT2D eigenvalue weighted by atomic mass is 10.1. The molecule has 0 radical (unpaired) electrons. The van der Waals surface area contributed by atoms with Crippen molar-refractivity contribution in [1.82, 2.24) is 15.1 Å². The van der Waals surface area contributed by atoms with Gasteiger partial charge in [0.05, 0.1) is 24.9 Å². The zero-order chi connectivity index (χ0) is 14.5. The van der Waals surface area contributed by atoms with Crippen LogP contribution >= 0.6 is 0 Å². The van der Waals surface area contributed by atoms with Gasteiger partial charge in [-0.25, -0.2) is 0 Å². The molecule has 0 fully saturated rings. The second-order valence-electron chi connectivity index (χ2n) is 5.05. The smallest absolute Gasteiger partial charge is 0.269 e. The van der Waals surface area contributed by atoms with Crippen molar-refractivity contribution in [2.75, 3.05) is 20.2 Å². The second kappa shape index (κ2) is 6.65. The van der Waals surface area contributed by atoms with Gasteiger partial charge in [-0.2, -0.15) is 5.10 Å². The van der Waals surface area contributed by atoms with Gasteiger partial charge in [-0.3, -0.25) is 9.48 Å². The zero-order valence-electron chi connectivity index (χ0n) is 11.6. The van der Waals surface area contributed by atoms with E-state index >= 15 is 0 Å². The Morgan fingerprint density at radius 3 is 2.89 bits per heavy atom. The van der Waals surface area contributed by atoms with Crippen LogP contribution in [0.1, 0.15) is 24.3 Å². The van der Waals surface area contributed by atoms with Gasteiger partial charge in [0.15, 0.2) is 0 Å². The molecule has 0 aliphatic rings. The standard InChI is InChI=1S/C12H22N4O3/c1-12(2,19-7-9(17)6-14-3)8-16-5-4-10(15-16)11(13)18/h4-5,9,14,17H,6-8H2,1-3H3,(H2,13,18)/t9-/m0/s1. The van der Waals surface area contributed by atoms with Crippen LogP contribution < -0.4 is 11.1 Å². The fourth-order valence-electron chi connectivity index (χ4n) is 1.63. The molecule has 1 amide bonds. The Morgan fingerprint density at radius 2 is 2.37 bits per heavy atom. The molecule has 7 nitrogen and oxygen atoms in total. The van der Waals surface area contributed by atoms with Crippen molar-refractivity contribution in [2.24, 2.45) is 5.73 Å². The number of primary amides is 1. The van der Waals surface area contributed by atoms with Crippen LogP contribution in [0.5, 0.6) is 0 Å². The molecule has 0 saturated heterocycles. The predicted octanol–water partition coefficient (Wildman–Crippen LogP) is -0.642. The van der Waals surface area contributed by atoms with Crippen LogP contribution in [0.4, 0.5) is 0 Å². The molecule has 1 heterocycles. The monoisotopic (exact) mass is 270 g/mol. The van der Waals surface area contributed by atoms with Crippen molar-refractivity contribution in [3.05, 3.63) is 18.0 Å². The Kier molecular flexibility index (Phi) is 5.46. The van der Waals surface area contributed by atoms with Gasteiger partial charge in [0, 0.05) is 12.7 Å². The number of nitrogens with zero attached hydrogens (tertiary/aromatic N) is 2. The summed E-state index contributed by atoms with van der Waals surface area (Å²) in [6, 6.07) is 1.56. The van der Waals surface area contributed by atoms with Crippen molar-refractivity contribution in [1.29, 1.82) is 0 Å². The van der Waals surface area contributed by atoms with E-state index in [0.29, 0.717) is 13.1 Å². The Hall–Kier alpha value is -1.44. The largest absolute Gasteiger partial charge is 0.389 e. The fourth-order valence-corrected chi connectivity index (χ4v) is 1.63. The molecule has 19 heavy (non-hydrogen) atoms. The van der Waals surface area contributed by atoms with Crippen LogP contribution in [-0.2, 0) is 11.3 Å². The summed E-state index contributed by atoms with van der Waals surface area (Å²) in [5.74, 6) is -0.554. The summed E-state index contributed by atoms with van der Waals surface area (Å²) in [6.07, 6.45) is 1.12. The minimum Gasteiger partial charge on any atom is -0.389 e. The van der Waals surface area contributed by atoms with Crippen molar-refractivity contribution >= 4 is 5.91 Å². The first kappa shape index (κ1) is 15.6. The summed E-state index contributed by atoms with van der Waals surface area (Å²) >= 11 is 0. The predicted molar refractivity (Wildman–Crippen MR) is 70.7 cm³/mol. The van der Waals surface area contributed by atoms with Crippen LogP contribution in [0.2, 0.25) is 0 Å². The van der Waals surface area contributed by atoms with Gasteiger partial charge in [-0.05, 0) is 27.0 Å². The molecule has 0 saturated carbocycles. The third kappa shape index (κ3) is 5.37. The van der Waals surface area contributed by atoms with Gasteiger partial charge in [0.2, 0.25) is 0 Å². The summed E-state index contributed by atoms with van der Waals surface area (Å²) in [5, 5.41) is 16.5. The molecular formula is C12H22N4O3. The van der Waals surface area contributed by atoms with E-state index in [1.807, 2.05) is 13.8 Å². The molecule has 1 aromatic heterocycles. The van der Waals surface area contributed by atoms with Crippen LogP contribution in [-0.4, -0.2) is 52.7 Å². The van der Waals surface area contributed by atoms with Gasteiger partial charge in [-0.15, -0.1) is 0 Å². The quantitative estimate of drug-likeness (QED) is 0.583. The van der Waals surface area contributed by atoms with E-state index in [9.17, 15) is 9.90 Å². The minimum absolute atomic E-state index is 0.228. The molecule has 108 valence electrons. The van der Waals surface area contributed by atoms with Crippen molar-refractivity contribution in [3.63, 3.8) is 0 Å². The number of carbonyl (C=O) groups is 1. The van der Waals surface area contributed by atoms with Crippen LogP contribution in [0.25, 0.3) is 0 Å². The summed E-state index contributed by atoms with van der Waals surface area (Å²) in [4.78, 5) is 10.9. The average molecular weight is 270 g/mol. The van der Waals surface area contributed by atoms with E-state index in [0.717, 1.165) is 0 Å². The Balaban J connectivity index is 2.50. The number of aliphatic hydroxyl groups excluding tert-OH is 1. The molecule has 4 N–H and O–H groups in total. The minimum atomic E-state index is -0.554. The van der Waals surface area contributed by atoms with E-state index in [4.69, 9.17) is 10.5 Å². The number of nitrogens with one attached hydrogen (secondary N) is 1. The van der Waals surface area contributed by atoms with E-state index in [-0.39, 0.29) is 12.3 Å². The molecule has 0 aromatic carbocycles. The van der Waals surface area contributed by atoms with Gasteiger partial charge in [0.1, 0.15) is 5.69 Å². The highest BCUT2D eigenvalue weighted by molar-refractivity contribution is 5.90. The SMILES string of the molecule is CNC[C@H](O)COC(C)(C)Cn1ccc(C(N)=O)n1. The van der Waals surface area contributed by atoms with E-state index in [1.165, 1.54) is 0 Å². The number of nitrogens with two attached hydrogens (primary N) is 1. The van der Waals surface area contributed by atoms with E-state index in [2.05, 4.69) is 10.4 Å². The van der Waals surface area contributed by atoms with Crippen molar-refractivity contribution in [3.8, 4) is 0 Å². The van der Waals surface area contributed by atoms with Gasteiger partial charge >= 0.3 is 0 Å². The number of hydrogen-bond acceptors (Lipinski definition) is 5. The maximum absolute atomic E-state index is 10.9. The highest BCUT2D eigenvalue weighted by Crippen LogP contribution is 2.13. The highest BCUT2D eigenvalue weighted by Gasteiger charge is 2.21. The molecule has 0 bridgehead atoms. The van der Waals surface area contributed by atoms with Gasteiger partial charge in [0.25, 0.3) is 5.91 Å². The first-order chi connectivity index (χ1) is 8.84. The maximum Gasteiger partial charge on any atom is 0.269 e. The molecule has 7 heteroatoms. The topological polar surface area (TPSA) is 102 Å². The number of ether oxygens (including phenoxy) is 1. The van der Waals surface area contributed by atoms with Crippen LogP contribution in [0, 0.1) is 0 Å². The van der Waals surface area contributed by atoms with Crippen molar-refractivity contribution < 1.29 is 14.6 Å². The summed E-state index contributed by atoms with van der Waals surface area (Å²) in [6.45, 7) is 4.96. The fraction of sp³-hybridized carbons (Fsp3) is 0.667. The number of likely N-dealkylation sites (N-methyl/N-ethyl adjacent to an activating group) is 1. The first-order valence-corrected chi connectivity index (χ1v) is 6.14. The Labute approximate surface area is 112 Å². The Morgan fingerprint density at radius 1 is 1.68 bits per heavy atom. The number of aliphatic hydroxyl groups is 1. The lowest BCUT2D eigenvalue weighted by Crippen LogP contribution is -2.36. The summed E-state index contributed by atoms with van der Waals surface area (Å²) in [5.41, 5.74) is 4.86. The second-order valence-corrected chi connectivity index (χ2v) is 5.05. The maximum atomic E-state index is 10.9. The molecule has 0 aliphatic heterocycles. The zero-order valence-corrected chi connectivity index (χ0v) is 11.6. The first-order valence-electron chi connectivity index (χ1n) is 6.14. The summed E-state index contributed by atoms with van der Waals surface area (Å²) < 4.78 is 7.25. The number of carbonyl (C=O) groups excluding carboxylic acids is 1. The molecule has 0 spiro atoms. The number of amides is 1. The average Bonchev–Trinajstić information content (AvgIpc) is 2.75. The third-order valence-corrected chi connectivity index (χ3v) is 2.54. The molecule has 1 aromatic rings. The molecular weight excluding hydrogens is 248 g/mol. The van der Waals surface area contributed by atoms with Gasteiger partial charge < -0.3 is 20.9 Å². The van der Waals surface area contributed by atoms with Crippen LogP contribution in [0.3, 0.4) is 0 Å². The summed E-state index contributed by atoms with van der Waals surface area (Å²) in [7, 11) is 1.77. The number of rotatable bonds is 8.